The summed E-state index contributed by atoms with van der Waals surface area (Å²) in [5.74, 6) is 0. The highest BCUT2D eigenvalue weighted by Crippen LogP contribution is 2.15. The van der Waals surface area contributed by atoms with Crippen molar-refractivity contribution in [2.75, 3.05) is 0 Å². The van der Waals surface area contributed by atoms with E-state index in [4.69, 9.17) is 0 Å². The van der Waals surface area contributed by atoms with Crippen LogP contribution in [0.4, 0.5) is 0 Å². The maximum absolute atomic E-state index is 3.97. The number of hydrogen-bond donors (Lipinski definition) is 0. The van der Waals surface area contributed by atoms with Gasteiger partial charge in [-0.25, -0.2) is 0 Å². The standard InChI is InChI=1S/C17H28/c1-7-16(6)13-17(12-15(4)5)11-9-8-10-14(2)3/h10,12-13H,4,7-9,11H2,1-3,5-6H3/b16-13-,17-12-. The van der Waals surface area contributed by atoms with E-state index in [0.29, 0.717) is 0 Å². The van der Waals surface area contributed by atoms with Crippen molar-refractivity contribution in [3.63, 3.8) is 0 Å². The van der Waals surface area contributed by atoms with Crippen LogP contribution in [-0.4, -0.2) is 0 Å². The Hall–Kier alpha value is -1.04. The van der Waals surface area contributed by atoms with E-state index in [9.17, 15) is 0 Å². The third-order valence-electron chi connectivity index (χ3n) is 2.64. The highest BCUT2D eigenvalue weighted by molar-refractivity contribution is 5.29. The van der Waals surface area contributed by atoms with E-state index in [1.54, 1.807) is 0 Å². The Labute approximate surface area is 108 Å². The fraction of sp³-hybridized carbons (Fsp3) is 0.529. The Morgan fingerprint density at radius 3 is 2.18 bits per heavy atom. The number of rotatable bonds is 7. The predicted octanol–water partition coefficient (Wildman–Crippen LogP) is 5.98. The van der Waals surface area contributed by atoms with Crippen LogP contribution in [0.1, 0.15) is 60.3 Å². The normalized spacial score (nSPS) is 12.5. The molecule has 96 valence electrons. The molecule has 0 aromatic heterocycles. The van der Waals surface area contributed by atoms with E-state index in [0.717, 1.165) is 18.4 Å². The van der Waals surface area contributed by atoms with Crippen molar-refractivity contribution in [1.82, 2.24) is 0 Å². The molecule has 0 spiro atoms. The van der Waals surface area contributed by atoms with Crippen molar-refractivity contribution in [3.8, 4) is 0 Å². The van der Waals surface area contributed by atoms with Gasteiger partial charge in [0.2, 0.25) is 0 Å². The maximum Gasteiger partial charge on any atom is -0.0276 e. The molecule has 0 nitrogen and oxygen atoms in total. The van der Waals surface area contributed by atoms with Crippen LogP contribution in [0.15, 0.2) is 47.1 Å². The van der Waals surface area contributed by atoms with E-state index >= 15 is 0 Å². The lowest BCUT2D eigenvalue weighted by molar-refractivity contribution is 0.838. The Bertz CT molecular complexity index is 320. The molecule has 0 aliphatic heterocycles. The molecule has 0 amide bonds. The van der Waals surface area contributed by atoms with Crippen molar-refractivity contribution in [2.45, 2.75) is 60.3 Å². The van der Waals surface area contributed by atoms with Crippen LogP contribution < -0.4 is 0 Å². The van der Waals surface area contributed by atoms with Crippen molar-refractivity contribution in [1.29, 1.82) is 0 Å². The zero-order valence-electron chi connectivity index (χ0n) is 12.3. The zero-order valence-corrected chi connectivity index (χ0v) is 12.3. The quantitative estimate of drug-likeness (QED) is 0.288. The molecule has 0 atom stereocenters. The summed E-state index contributed by atoms with van der Waals surface area (Å²) >= 11 is 0. The lowest BCUT2D eigenvalue weighted by Crippen LogP contribution is -1.84. The van der Waals surface area contributed by atoms with Gasteiger partial charge in [0, 0.05) is 0 Å². The van der Waals surface area contributed by atoms with E-state index in [1.165, 1.54) is 29.6 Å². The van der Waals surface area contributed by atoms with Crippen LogP contribution in [0.25, 0.3) is 0 Å². The predicted molar refractivity (Wildman–Crippen MR) is 80.2 cm³/mol. The second-order valence-corrected chi connectivity index (χ2v) is 5.08. The van der Waals surface area contributed by atoms with Gasteiger partial charge in [0.15, 0.2) is 0 Å². The van der Waals surface area contributed by atoms with Crippen molar-refractivity contribution >= 4 is 0 Å². The Balaban J connectivity index is 4.42. The van der Waals surface area contributed by atoms with Crippen molar-refractivity contribution in [2.24, 2.45) is 0 Å². The molecule has 0 saturated carbocycles. The molecule has 0 heterocycles. The molecule has 0 aliphatic carbocycles. The largest absolute Gasteiger partial charge is 0.0961 e. The van der Waals surface area contributed by atoms with E-state index in [1.807, 2.05) is 0 Å². The van der Waals surface area contributed by atoms with Crippen LogP contribution in [0, 0.1) is 0 Å². The first-order chi connectivity index (χ1) is 7.95. The van der Waals surface area contributed by atoms with Gasteiger partial charge < -0.3 is 0 Å². The van der Waals surface area contributed by atoms with Crippen molar-refractivity contribution in [3.05, 3.63) is 47.1 Å². The summed E-state index contributed by atoms with van der Waals surface area (Å²) in [6, 6.07) is 0. The van der Waals surface area contributed by atoms with Gasteiger partial charge in [0.25, 0.3) is 0 Å². The van der Waals surface area contributed by atoms with Crippen molar-refractivity contribution < 1.29 is 0 Å². The molecule has 0 aliphatic rings. The molecular formula is C17H28. The molecule has 0 aromatic carbocycles. The molecule has 0 radical (unpaired) electrons. The minimum atomic E-state index is 1.13. The number of hydrogen-bond acceptors (Lipinski definition) is 0. The second kappa shape index (κ2) is 9.04. The van der Waals surface area contributed by atoms with Crippen LogP contribution in [0.3, 0.4) is 0 Å². The molecule has 0 rings (SSSR count). The van der Waals surface area contributed by atoms with Gasteiger partial charge in [-0.3, -0.25) is 0 Å². The topological polar surface area (TPSA) is 0 Å². The summed E-state index contributed by atoms with van der Waals surface area (Å²) in [4.78, 5) is 0. The Morgan fingerprint density at radius 1 is 1.06 bits per heavy atom. The first kappa shape index (κ1) is 16.0. The lowest BCUT2D eigenvalue weighted by Gasteiger charge is -2.04. The molecule has 0 heteroatoms. The summed E-state index contributed by atoms with van der Waals surface area (Å²) in [7, 11) is 0. The molecular weight excluding hydrogens is 204 g/mol. The molecule has 0 aromatic rings. The summed E-state index contributed by atoms with van der Waals surface area (Å²) < 4.78 is 0. The summed E-state index contributed by atoms with van der Waals surface area (Å²) in [5.41, 5.74) is 5.41. The molecule has 0 unspecified atom stereocenters. The van der Waals surface area contributed by atoms with Gasteiger partial charge in [-0.1, -0.05) is 48.5 Å². The fourth-order valence-electron chi connectivity index (χ4n) is 1.62. The molecule has 0 N–H and O–H groups in total. The smallest absolute Gasteiger partial charge is 0.0276 e. The van der Waals surface area contributed by atoms with Gasteiger partial charge in [0.05, 0.1) is 0 Å². The third-order valence-corrected chi connectivity index (χ3v) is 2.64. The summed E-state index contributed by atoms with van der Waals surface area (Å²) in [6.07, 6.45) is 11.5. The Kier molecular flexibility index (Phi) is 8.49. The van der Waals surface area contributed by atoms with Gasteiger partial charge in [-0.15, -0.1) is 0 Å². The summed E-state index contributed by atoms with van der Waals surface area (Å²) in [6.45, 7) is 14.7. The Morgan fingerprint density at radius 2 is 1.71 bits per heavy atom. The van der Waals surface area contributed by atoms with Gasteiger partial charge >= 0.3 is 0 Å². The average molecular weight is 232 g/mol. The molecule has 0 saturated heterocycles. The lowest BCUT2D eigenvalue weighted by atomic mass is 10.0. The van der Waals surface area contributed by atoms with E-state index in [2.05, 4.69) is 59.4 Å². The maximum atomic E-state index is 3.97. The number of allylic oxidation sites excluding steroid dienone is 7. The summed E-state index contributed by atoms with van der Waals surface area (Å²) in [5, 5.41) is 0. The minimum Gasteiger partial charge on any atom is -0.0961 e. The first-order valence-electron chi connectivity index (χ1n) is 6.62. The molecule has 0 bridgehead atoms. The highest BCUT2D eigenvalue weighted by atomic mass is 14.0. The highest BCUT2D eigenvalue weighted by Gasteiger charge is 1.95. The van der Waals surface area contributed by atoms with Crippen LogP contribution in [0.5, 0.6) is 0 Å². The van der Waals surface area contributed by atoms with Crippen LogP contribution >= 0.6 is 0 Å². The molecule has 17 heavy (non-hydrogen) atoms. The minimum absolute atomic E-state index is 1.13. The fourth-order valence-corrected chi connectivity index (χ4v) is 1.62. The SMILES string of the molecule is C=C(C)/C=C(\C=C(\C)CC)CCCC=C(C)C. The van der Waals surface area contributed by atoms with Crippen LogP contribution in [-0.2, 0) is 0 Å². The van der Waals surface area contributed by atoms with Gasteiger partial charge in [-0.05, 0) is 59.0 Å². The van der Waals surface area contributed by atoms with E-state index in [-0.39, 0.29) is 0 Å². The first-order valence-corrected chi connectivity index (χ1v) is 6.62. The molecule has 0 fully saturated rings. The number of unbranched alkanes of at least 4 members (excludes halogenated alkanes) is 1. The zero-order chi connectivity index (χ0) is 13.3. The van der Waals surface area contributed by atoms with Gasteiger partial charge in [0.1, 0.15) is 0 Å². The van der Waals surface area contributed by atoms with Crippen LogP contribution in [0.2, 0.25) is 0 Å². The second-order valence-electron chi connectivity index (χ2n) is 5.08. The van der Waals surface area contributed by atoms with Gasteiger partial charge in [-0.2, -0.15) is 0 Å². The van der Waals surface area contributed by atoms with E-state index < -0.39 is 0 Å². The average Bonchev–Trinajstić information content (AvgIpc) is 2.22. The third kappa shape index (κ3) is 9.86. The monoisotopic (exact) mass is 232 g/mol.